The minimum Gasteiger partial charge on any atom is -0.403 e. The molecule has 1 unspecified atom stereocenters. The second-order valence-electron chi connectivity index (χ2n) is 3.52. The summed E-state index contributed by atoms with van der Waals surface area (Å²) in [6, 6.07) is 14.7. The van der Waals surface area contributed by atoms with Gasteiger partial charge in [0.2, 0.25) is 0 Å². The van der Waals surface area contributed by atoms with Crippen LogP contribution in [0.4, 0.5) is 0 Å². The summed E-state index contributed by atoms with van der Waals surface area (Å²) in [7, 11) is 0. The van der Waals surface area contributed by atoms with E-state index in [0.717, 1.165) is 5.56 Å². The molecule has 3 heteroatoms. The first-order valence-corrected chi connectivity index (χ1v) is 5.17. The van der Waals surface area contributed by atoms with Crippen molar-refractivity contribution in [3.05, 3.63) is 70.6 Å². The van der Waals surface area contributed by atoms with Gasteiger partial charge in [-0.2, -0.15) is 4.73 Å². The van der Waals surface area contributed by atoms with Crippen LogP contribution >= 0.6 is 0 Å². The van der Waals surface area contributed by atoms with E-state index in [2.05, 4.69) is 0 Å². The van der Waals surface area contributed by atoms with E-state index in [9.17, 15) is 4.79 Å². The normalized spacial score (nSPS) is 12.1. The van der Waals surface area contributed by atoms with Gasteiger partial charge in [0, 0.05) is 12.3 Å². The lowest BCUT2D eigenvalue weighted by Gasteiger charge is -2.15. The van der Waals surface area contributed by atoms with Crippen LogP contribution in [0.1, 0.15) is 18.6 Å². The highest BCUT2D eigenvalue weighted by Crippen LogP contribution is 2.12. The Morgan fingerprint density at radius 2 is 1.75 bits per heavy atom. The van der Waals surface area contributed by atoms with E-state index in [1.54, 1.807) is 18.3 Å². The minimum absolute atomic E-state index is 0.152. The average molecular weight is 215 g/mol. The molecule has 3 nitrogen and oxygen atoms in total. The molecule has 1 aromatic heterocycles. The molecule has 0 saturated heterocycles. The number of nitrogens with zero attached hydrogens (tertiary/aromatic N) is 1. The largest absolute Gasteiger partial charge is 0.403 e. The Balaban J connectivity index is 2.17. The third-order valence-electron chi connectivity index (χ3n) is 2.33. The van der Waals surface area contributed by atoms with Crippen molar-refractivity contribution < 1.29 is 4.84 Å². The van der Waals surface area contributed by atoms with E-state index < -0.39 is 0 Å². The highest BCUT2D eigenvalue weighted by atomic mass is 16.7. The van der Waals surface area contributed by atoms with Crippen LogP contribution in [-0.4, -0.2) is 4.73 Å². The summed E-state index contributed by atoms with van der Waals surface area (Å²) >= 11 is 0. The van der Waals surface area contributed by atoms with Crippen molar-refractivity contribution in [2.45, 2.75) is 13.0 Å². The number of pyridine rings is 1. The third-order valence-corrected chi connectivity index (χ3v) is 2.33. The number of hydrogen-bond acceptors (Lipinski definition) is 2. The Labute approximate surface area is 93.9 Å². The highest BCUT2D eigenvalue weighted by Gasteiger charge is 2.06. The zero-order valence-electron chi connectivity index (χ0n) is 9.04. The molecule has 16 heavy (non-hydrogen) atoms. The van der Waals surface area contributed by atoms with Gasteiger partial charge in [-0.15, -0.1) is 0 Å². The number of aromatic nitrogens is 1. The van der Waals surface area contributed by atoms with Crippen LogP contribution in [0.5, 0.6) is 0 Å². The molecular formula is C13H13NO2. The molecule has 0 fully saturated rings. The van der Waals surface area contributed by atoms with Gasteiger partial charge >= 0.3 is 0 Å². The molecule has 1 aromatic carbocycles. The third kappa shape index (κ3) is 2.31. The summed E-state index contributed by atoms with van der Waals surface area (Å²) in [6.45, 7) is 1.91. The van der Waals surface area contributed by atoms with Crippen LogP contribution < -0.4 is 10.4 Å². The molecule has 0 aliphatic carbocycles. The lowest BCUT2D eigenvalue weighted by atomic mass is 10.1. The summed E-state index contributed by atoms with van der Waals surface area (Å²) in [6.07, 6.45) is 1.46. The van der Waals surface area contributed by atoms with Gasteiger partial charge in [0.25, 0.3) is 5.56 Å². The van der Waals surface area contributed by atoms with Gasteiger partial charge in [0.15, 0.2) is 0 Å². The van der Waals surface area contributed by atoms with Crippen LogP contribution in [0.2, 0.25) is 0 Å². The Morgan fingerprint density at radius 1 is 1.06 bits per heavy atom. The second kappa shape index (κ2) is 4.66. The SMILES string of the molecule is CC(On1ccccc1=O)c1ccccc1. The average Bonchev–Trinajstić information content (AvgIpc) is 2.33. The maximum atomic E-state index is 11.4. The predicted molar refractivity (Wildman–Crippen MR) is 62.1 cm³/mol. The van der Waals surface area contributed by atoms with Crippen molar-refractivity contribution in [3.8, 4) is 0 Å². The Kier molecular flexibility index (Phi) is 3.05. The van der Waals surface area contributed by atoms with E-state index in [4.69, 9.17) is 4.84 Å². The van der Waals surface area contributed by atoms with Gasteiger partial charge in [-0.1, -0.05) is 36.4 Å². The molecule has 0 radical (unpaired) electrons. The van der Waals surface area contributed by atoms with Crippen LogP contribution in [-0.2, 0) is 0 Å². The summed E-state index contributed by atoms with van der Waals surface area (Å²) in [5.41, 5.74) is 0.878. The standard InChI is InChI=1S/C13H13NO2/c1-11(12-7-3-2-4-8-12)16-14-10-6-5-9-13(14)15/h2-11H,1H3. The summed E-state index contributed by atoms with van der Waals surface area (Å²) < 4.78 is 1.25. The number of rotatable bonds is 3. The van der Waals surface area contributed by atoms with E-state index in [0.29, 0.717) is 0 Å². The van der Waals surface area contributed by atoms with Gasteiger partial charge in [0.05, 0.1) is 0 Å². The molecule has 82 valence electrons. The molecular weight excluding hydrogens is 202 g/mol. The van der Waals surface area contributed by atoms with Crippen molar-refractivity contribution in [1.82, 2.24) is 4.73 Å². The predicted octanol–water partition coefficient (Wildman–Crippen LogP) is 2.04. The fraction of sp³-hybridized carbons (Fsp3) is 0.154. The molecule has 1 atom stereocenters. The van der Waals surface area contributed by atoms with Crippen LogP contribution in [0.25, 0.3) is 0 Å². The maximum absolute atomic E-state index is 11.4. The summed E-state index contributed by atoms with van der Waals surface area (Å²) in [4.78, 5) is 17.0. The van der Waals surface area contributed by atoms with Crippen molar-refractivity contribution in [2.75, 3.05) is 0 Å². The molecule has 2 aromatic rings. The van der Waals surface area contributed by atoms with Gasteiger partial charge in [-0.25, -0.2) is 0 Å². The van der Waals surface area contributed by atoms with Crippen LogP contribution in [0.15, 0.2) is 59.5 Å². The minimum atomic E-state index is -0.162. The first-order valence-electron chi connectivity index (χ1n) is 5.17. The fourth-order valence-electron chi connectivity index (χ4n) is 1.45. The Morgan fingerprint density at radius 3 is 2.44 bits per heavy atom. The summed E-state index contributed by atoms with van der Waals surface area (Å²) in [5.74, 6) is 0. The molecule has 2 rings (SSSR count). The van der Waals surface area contributed by atoms with Gasteiger partial charge in [-0.3, -0.25) is 4.79 Å². The maximum Gasteiger partial charge on any atom is 0.282 e. The molecule has 0 spiro atoms. The van der Waals surface area contributed by atoms with E-state index >= 15 is 0 Å². The monoisotopic (exact) mass is 215 g/mol. The Bertz CT molecular complexity index is 505. The van der Waals surface area contributed by atoms with Gasteiger partial charge in [-0.05, 0) is 18.6 Å². The lowest BCUT2D eigenvalue weighted by molar-refractivity contribution is 0.0408. The van der Waals surface area contributed by atoms with Gasteiger partial charge < -0.3 is 4.84 Å². The highest BCUT2D eigenvalue weighted by molar-refractivity contribution is 5.16. The quantitative estimate of drug-likeness (QED) is 0.784. The van der Waals surface area contributed by atoms with Crippen LogP contribution in [0.3, 0.4) is 0 Å². The van der Waals surface area contributed by atoms with Crippen molar-refractivity contribution >= 4 is 0 Å². The molecule has 0 bridgehead atoms. The number of hydrogen-bond donors (Lipinski definition) is 0. The molecule has 0 saturated carbocycles. The van der Waals surface area contributed by atoms with Crippen LogP contribution in [0, 0.1) is 0 Å². The topological polar surface area (TPSA) is 31.2 Å². The van der Waals surface area contributed by atoms with E-state index in [-0.39, 0.29) is 11.7 Å². The Hall–Kier alpha value is -2.03. The fourth-order valence-corrected chi connectivity index (χ4v) is 1.45. The lowest BCUT2D eigenvalue weighted by Crippen LogP contribution is -2.27. The molecule has 0 N–H and O–H groups in total. The molecule has 0 aliphatic heterocycles. The molecule has 0 aliphatic rings. The molecule has 1 heterocycles. The van der Waals surface area contributed by atoms with E-state index in [1.165, 1.54) is 10.8 Å². The van der Waals surface area contributed by atoms with E-state index in [1.807, 2.05) is 37.3 Å². The first-order chi connectivity index (χ1) is 7.77. The van der Waals surface area contributed by atoms with Crippen molar-refractivity contribution in [1.29, 1.82) is 0 Å². The first kappa shape index (κ1) is 10.5. The second-order valence-corrected chi connectivity index (χ2v) is 3.52. The van der Waals surface area contributed by atoms with Gasteiger partial charge in [0.1, 0.15) is 6.10 Å². The molecule has 0 amide bonds. The summed E-state index contributed by atoms with van der Waals surface area (Å²) in [5, 5.41) is 0. The van der Waals surface area contributed by atoms with Crippen molar-refractivity contribution in [3.63, 3.8) is 0 Å². The number of benzene rings is 1. The zero-order valence-corrected chi connectivity index (χ0v) is 9.04. The zero-order chi connectivity index (χ0) is 11.4. The van der Waals surface area contributed by atoms with Crippen molar-refractivity contribution in [2.24, 2.45) is 0 Å². The smallest absolute Gasteiger partial charge is 0.282 e.